The van der Waals surface area contributed by atoms with Gasteiger partial charge in [-0.15, -0.1) is 0 Å². The molecule has 2 heterocycles. The normalized spacial score (nSPS) is 21.3. The molecule has 1 saturated carbocycles. The molecule has 7 heteroatoms. The summed E-state index contributed by atoms with van der Waals surface area (Å²) in [5, 5.41) is 4.07. The second kappa shape index (κ2) is 4.91. The topological polar surface area (TPSA) is 81.2 Å². The highest BCUT2D eigenvalue weighted by Crippen LogP contribution is 2.47. The van der Waals surface area contributed by atoms with Crippen LogP contribution in [0, 0.1) is 5.41 Å². The van der Waals surface area contributed by atoms with E-state index in [9.17, 15) is 9.59 Å². The number of hydrogen-bond donors (Lipinski definition) is 1. The summed E-state index contributed by atoms with van der Waals surface area (Å²) in [6.07, 6.45) is 6.46. The van der Waals surface area contributed by atoms with Crippen LogP contribution >= 0.6 is 12.2 Å². The zero-order valence-corrected chi connectivity index (χ0v) is 12.8. The average Bonchev–Trinajstić information content (AvgIpc) is 2.97. The van der Waals surface area contributed by atoms with Gasteiger partial charge in [0, 0.05) is 19.9 Å². The molecule has 1 aromatic rings. The number of amides is 2. The van der Waals surface area contributed by atoms with E-state index in [1.54, 1.807) is 7.05 Å². The second-order valence-corrected chi connectivity index (χ2v) is 6.49. The highest BCUT2D eigenvalue weighted by Gasteiger charge is 2.46. The van der Waals surface area contributed by atoms with Crippen molar-refractivity contribution in [1.29, 1.82) is 0 Å². The van der Waals surface area contributed by atoms with Crippen LogP contribution in [0.15, 0.2) is 6.20 Å². The predicted molar refractivity (Wildman–Crippen MR) is 81.7 cm³/mol. The van der Waals surface area contributed by atoms with E-state index in [0.717, 1.165) is 25.7 Å². The summed E-state index contributed by atoms with van der Waals surface area (Å²) >= 11 is 4.99. The number of rotatable bonds is 2. The van der Waals surface area contributed by atoms with Crippen molar-refractivity contribution in [3.8, 4) is 0 Å². The average molecular weight is 306 g/mol. The lowest BCUT2D eigenvalue weighted by Gasteiger charge is -2.37. The van der Waals surface area contributed by atoms with Gasteiger partial charge in [0.2, 0.25) is 11.8 Å². The second-order valence-electron chi connectivity index (χ2n) is 6.05. The smallest absolute Gasteiger partial charge is 0.235 e. The SMILES string of the molecule is Cn1ncc(C(N)=S)c1N1C(=O)CC2(CCCC2)CC1=O. The van der Waals surface area contributed by atoms with Crippen molar-refractivity contribution in [2.24, 2.45) is 18.2 Å². The molecule has 0 aromatic carbocycles. The molecule has 2 aliphatic rings. The zero-order valence-electron chi connectivity index (χ0n) is 12.0. The van der Waals surface area contributed by atoms with Crippen LogP contribution in [0.1, 0.15) is 44.1 Å². The Morgan fingerprint density at radius 1 is 1.29 bits per heavy atom. The number of carbonyl (C=O) groups excluding carboxylic acids is 2. The number of nitrogens with two attached hydrogens (primary N) is 1. The summed E-state index contributed by atoms with van der Waals surface area (Å²) in [5.74, 6) is 0.0499. The summed E-state index contributed by atoms with van der Waals surface area (Å²) in [6.45, 7) is 0. The molecule has 2 fully saturated rings. The number of aryl methyl sites for hydroxylation is 1. The van der Waals surface area contributed by atoms with E-state index in [0.29, 0.717) is 24.2 Å². The molecule has 1 aliphatic heterocycles. The molecule has 21 heavy (non-hydrogen) atoms. The van der Waals surface area contributed by atoms with Crippen molar-refractivity contribution in [3.05, 3.63) is 11.8 Å². The fraction of sp³-hybridized carbons (Fsp3) is 0.571. The number of carbonyl (C=O) groups is 2. The van der Waals surface area contributed by atoms with Gasteiger partial charge in [0.05, 0.1) is 11.8 Å². The predicted octanol–water partition coefficient (Wildman–Crippen LogP) is 1.27. The van der Waals surface area contributed by atoms with Crippen molar-refractivity contribution in [2.45, 2.75) is 38.5 Å². The molecule has 1 spiro atoms. The van der Waals surface area contributed by atoms with Crippen molar-refractivity contribution in [3.63, 3.8) is 0 Å². The molecule has 3 rings (SSSR count). The van der Waals surface area contributed by atoms with Crippen molar-refractivity contribution in [2.75, 3.05) is 4.90 Å². The van der Waals surface area contributed by atoms with Gasteiger partial charge in [0.1, 0.15) is 4.99 Å². The van der Waals surface area contributed by atoms with Gasteiger partial charge in [-0.25, -0.2) is 4.90 Å². The molecule has 0 radical (unpaired) electrons. The Hall–Kier alpha value is -1.76. The minimum absolute atomic E-state index is 0.118. The summed E-state index contributed by atoms with van der Waals surface area (Å²) in [7, 11) is 1.68. The maximum Gasteiger partial charge on any atom is 0.235 e. The Labute approximate surface area is 128 Å². The van der Waals surface area contributed by atoms with Crippen LogP contribution in [0.2, 0.25) is 0 Å². The lowest BCUT2D eigenvalue weighted by molar-refractivity contribution is -0.133. The van der Waals surface area contributed by atoms with E-state index in [-0.39, 0.29) is 22.2 Å². The van der Waals surface area contributed by atoms with Crippen molar-refractivity contribution < 1.29 is 9.59 Å². The first-order valence-corrected chi connectivity index (χ1v) is 7.52. The van der Waals surface area contributed by atoms with E-state index in [4.69, 9.17) is 18.0 Å². The maximum atomic E-state index is 12.6. The number of imide groups is 1. The van der Waals surface area contributed by atoms with Gasteiger partial charge >= 0.3 is 0 Å². The highest BCUT2D eigenvalue weighted by molar-refractivity contribution is 7.80. The summed E-state index contributed by atoms with van der Waals surface area (Å²) in [4.78, 5) is 26.5. The van der Waals surface area contributed by atoms with Gasteiger partial charge < -0.3 is 5.73 Å². The summed E-state index contributed by atoms with van der Waals surface area (Å²) in [5.41, 5.74) is 6.02. The van der Waals surface area contributed by atoms with Gasteiger partial charge in [-0.3, -0.25) is 14.3 Å². The molecule has 2 amide bonds. The number of hydrogen-bond acceptors (Lipinski definition) is 4. The van der Waals surface area contributed by atoms with Crippen LogP contribution in [0.5, 0.6) is 0 Å². The zero-order chi connectivity index (χ0) is 15.2. The molecular formula is C14H18N4O2S. The molecule has 1 aliphatic carbocycles. The first-order chi connectivity index (χ1) is 9.93. The third-order valence-corrected chi connectivity index (χ3v) is 4.82. The lowest BCUT2D eigenvalue weighted by Crippen LogP contribution is -2.48. The molecule has 0 unspecified atom stereocenters. The van der Waals surface area contributed by atoms with Gasteiger partial charge in [-0.05, 0) is 18.3 Å². The van der Waals surface area contributed by atoms with Crippen LogP contribution in [-0.4, -0.2) is 26.6 Å². The first-order valence-electron chi connectivity index (χ1n) is 7.11. The Balaban J connectivity index is 1.97. The number of piperidine rings is 1. The number of aromatic nitrogens is 2. The van der Waals surface area contributed by atoms with Crippen LogP contribution in [0.4, 0.5) is 5.82 Å². The van der Waals surface area contributed by atoms with Gasteiger partial charge in [-0.1, -0.05) is 25.1 Å². The maximum absolute atomic E-state index is 12.6. The van der Waals surface area contributed by atoms with Crippen molar-refractivity contribution in [1.82, 2.24) is 9.78 Å². The minimum atomic E-state index is -0.172. The van der Waals surface area contributed by atoms with Crippen LogP contribution in [-0.2, 0) is 16.6 Å². The molecular weight excluding hydrogens is 288 g/mol. The van der Waals surface area contributed by atoms with E-state index < -0.39 is 0 Å². The molecule has 112 valence electrons. The summed E-state index contributed by atoms with van der Waals surface area (Å²) in [6, 6.07) is 0. The van der Waals surface area contributed by atoms with E-state index >= 15 is 0 Å². The fourth-order valence-corrected chi connectivity index (χ4v) is 3.73. The van der Waals surface area contributed by atoms with E-state index in [1.165, 1.54) is 15.8 Å². The number of thiocarbonyl (C=S) groups is 1. The Morgan fingerprint density at radius 3 is 2.38 bits per heavy atom. The van der Waals surface area contributed by atoms with Crippen LogP contribution in [0.3, 0.4) is 0 Å². The van der Waals surface area contributed by atoms with Crippen LogP contribution in [0.25, 0.3) is 0 Å². The standard InChI is InChI=1S/C14H18N4O2S/c1-17-13(9(8-16-17)12(15)21)18-10(19)6-14(7-11(18)20)4-2-3-5-14/h8H,2-7H2,1H3,(H2,15,21). The molecule has 1 saturated heterocycles. The Kier molecular flexibility index (Phi) is 3.32. The lowest BCUT2D eigenvalue weighted by atomic mass is 9.76. The third kappa shape index (κ3) is 2.25. The van der Waals surface area contributed by atoms with E-state index in [2.05, 4.69) is 5.10 Å². The molecule has 0 atom stereocenters. The molecule has 1 aromatic heterocycles. The Bertz CT molecular complexity index is 611. The summed E-state index contributed by atoms with van der Waals surface area (Å²) < 4.78 is 1.48. The third-order valence-electron chi connectivity index (χ3n) is 4.60. The van der Waals surface area contributed by atoms with Crippen LogP contribution < -0.4 is 10.6 Å². The Morgan fingerprint density at radius 2 is 1.86 bits per heavy atom. The number of anilines is 1. The van der Waals surface area contributed by atoms with Gasteiger partial charge in [0.15, 0.2) is 5.82 Å². The van der Waals surface area contributed by atoms with Gasteiger partial charge in [-0.2, -0.15) is 5.10 Å². The van der Waals surface area contributed by atoms with Gasteiger partial charge in [0.25, 0.3) is 0 Å². The minimum Gasteiger partial charge on any atom is -0.389 e. The molecule has 2 N–H and O–H groups in total. The molecule has 6 nitrogen and oxygen atoms in total. The highest BCUT2D eigenvalue weighted by atomic mass is 32.1. The fourth-order valence-electron chi connectivity index (χ4n) is 3.59. The quantitative estimate of drug-likeness (QED) is 0.657. The largest absolute Gasteiger partial charge is 0.389 e. The first kappa shape index (κ1) is 14.2. The van der Waals surface area contributed by atoms with E-state index in [1.807, 2.05) is 0 Å². The van der Waals surface area contributed by atoms with Crippen molar-refractivity contribution >= 4 is 34.8 Å². The monoisotopic (exact) mass is 306 g/mol. The number of nitrogens with zero attached hydrogens (tertiary/aromatic N) is 3. The molecule has 0 bridgehead atoms.